The highest BCUT2D eigenvalue weighted by Gasteiger charge is 2.47. The van der Waals surface area contributed by atoms with Gasteiger partial charge in [-0.1, -0.05) is 35.3 Å². The van der Waals surface area contributed by atoms with Gasteiger partial charge in [0.1, 0.15) is 0 Å². The Balaban J connectivity index is 1.20. The molecule has 4 aliphatic rings. The minimum atomic E-state index is -0.175. The van der Waals surface area contributed by atoms with Crippen molar-refractivity contribution in [1.29, 1.82) is 5.26 Å². The molecule has 0 aliphatic heterocycles. The molecule has 7 heteroatoms. The van der Waals surface area contributed by atoms with Crippen molar-refractivity contribution in [3.05, 3.63) is 69.3 Å². The fraction of sp³-hybridized carbons (Fsp3) is 0.452. The van der Waals surface area contributed by atoms with E-state index in [1.54, 1.807) is 35.0 Å². The van der Waals surface area contributed by atoms with Crippen LogP contribution in [0.3, 0.4) is 0 Å². The molecule has 4 aliphatic carbocycles. The predicted molar refractivity (Wildman–Crippen MR) is 151 cm³/mol. The summed E-state index contributed by atoms with van der Waals surface area (Å²) in [5.41, 5.74) is 3.96. The monoisotopic (exact) mass is 546 g/mol. The van der Waals surface area contributed by atoms with Crippen LogP contribution in [0.5, 0.6) is 0 Å². The number of nitrogens with zero attached hydrogens (tertiary/aromatic N) is 3. The van der Waals surface area contributed by atoms with E-state index >= 15 is 0 Å². The fourth-order valence-corrected chi connectivity index (χ4v) is 8.20. The van der Waals surface area contributed by atoms with Crippen LogP contribution >= 0.6 is 23.2 Å². The molecule has 4 fully saturated rings. The smallest absolute Gasteiger partial charge is 0.272 e. The summed E-state index contributed by atoms with van der Waals surface area (Å²) < 4.78 is 1.71. The fourth-order valence-electron chi connectivity index (χ4n) is 7.71. The van der Waals surface area contributed by atoms with E-state index in [4.69, 9.17) is 28.3 Å². The lowest BCUT2D eigenvalue weighted by Gasteiger charge is -2.54. The number of aromatic nitrogens is 2. The second-order valence-electron chi connectivity index (χ2n) is 11.5. The highest BCUT2D eigenvalue weighted by Crippen LogP contribution is 2.57. The Hall–Kier alpha value is -2.81. The molecule has 5 nitrogen and oxygen atoms in total. The van der Waals surface area contributed by atoms with E-state index in [0.717, 1.165) is 52.8 Å². The maximum absolute atomic E-state index is 13.3. The van der Waals surface area contributed by atoms with Gasteiger partial charge in [-0.2, -0.15) is 10.4 Å². The summed E-state index contributed by atoms with van der Waals surface area (Å²) in [6.07, 6.45) is 9.44. The molecule has 0 unspecified atom stereocenters. The van der Waals surface area contributed by atoms with E-state index in [1.165, 1.54) is 38.5 Å². The zero-order valence-electron chi connectivity index (χ0n) is 21.6. The quantitative estimate of drug-likeness (QED) is 0.310. The van der Waals surface area contributed by atoms with E-state index < -0.39 is 0 Å². The van der Waals surface area contributed by atoms with Gasteiger partial charge in [0.05, 0.1) is 28.0 Å². The van der Waals surface area contributed by atoms with Crippen molar-refractivity contribution in [3.63, 3.8) is 0 Å². The predicted octanol–water partition coefficient (Wildman–Crippen LogP) is 7.61. The van der Waals surface area contributed by atoms with E-state index in [-0.39, 0.29) is 5.91 Å². The van der Waals surface area contributed by atoms with E-state index in [0.29, 0.717) is 33.5 Å². The lowest BCUT2D eigenvalue weighted by molar-refractivity contribution is -0.0401. The molecule has 1 aromatic heterocycles. The van der Waals surface area contributed by atoms with Crippen LogP contribution in [0.1, 0.15) is 66.6 Å². The standard InChI is InChI=1S/C31H32Cl2N4O/c1-18-29(31(38)35-10-2-3-26-23-12-20-11-21(14-23)15-24(26)13-20)36-37(28-9-8-25(32)16-27(28)33)30(18)22-6-4-19(17-34)5-7-22/h4-9,16,20-21,23-24,26H,2-3,10-15H2,1H3,(H,35,38). The molecule has 1 heterocycles. The molecular weight excluding hydrogens is 515 g/mol. The van der Waals surface area contributed by atoms with Gasteiger partial charge in [0.25, 0.3) is 5.91 Å². The first-order valence-electron chi connectivity index (χ1n) is 13.7. The van der Waals surface area contributed by atoms with Crippen molar-refractivity contribution in [2.24, 2.45) is 29.6 Å². The van der Waals surface area contributed by atoms with Gasteiger partial charge in [-0.15, -0.1) is 0 Å². The molecule has 2 aromatic carbocycles. The lowest BCUT2D eigenvalue weighted by Crippen LogP contribution is -2.45. The van der Waals surface area contributed by atoms with Gasteiger partial charge in [-0.3, -0.25) is 4.79 Å². The van der Waals surface area contributed by atoms with Gasteiger partial charge in [-0.05, 0) is 112 Å². The van der Waals surface area contributed by atoms with Crippen molar-refractivity contribution < 1.29 is 4.79 Å². The van der Waals surface area contributed by atoms with Crippen molar-refractivity contribution in [3.8, 4) is 23.0 Å². The van der Waals surface area contributed by atoms with Crippen molar-refractivity contribution in [1.82, 2.24) is 15.1 Å². The Morgan fingerprint density at radius 3 is 2.37 bits per heavy atom. The average molecular weight is 548 g/mol. The Morgan fingerprint density at radius 1 is 1.05 bits per heavy atom. The van der Waals surface area contributed by atoms with Gasteiger partial charge >= 0.3 is 0 Å². The van der Waals surface area contributed by atoms with Gasteiger partial charge in [0.2, 0.25) is 0 Å². The molecule has 196 valence electrons. The number of nitriles is 1. The molecule has 0 atom stereocenters. The lowest BCUT2D eigenvalue weighted by atomic mass is 9.51. The van der Waals surface area contributed by atoms with Gasteiger partial charge < -0.3 is 5.32 Å². The average Bonchev–Trinajstić information content (AvgIpc) is 3.24. The molecule has 7 rings (SSSR count). The first-order chi connectivity index (χ1) is 18.4. The van der Waals surface area contributed by atoms with E-state index in [9.17, 15) is 10.1 Å². The molecule has 1 N–H and O–H groups in total. The topological polar surface area (TPSA) is 70.7 Å². The number of rotatable bonds is 7. The number of hydrogen-bond donors (Lipinski definition) is 1. The molecule has 4 bridgehead atoms. The van der Waals surface area contributed by atoms with E-state index in [1.807, 2.05) is 19.1 Å². The van der Waals surface area contributed by atoms with Crippen LogP contribution in [0.15, 0.2) is 42.5 Å². The zero-order valence-corrected chi connectivity index (χ0v) is 23.1. The van der Waals surface area contributed by atoms with E-state index in [2.05, 4.69) is 11.4 Å². The molecule has 4 saturated carbocycles. The summed E-state index contributed by atoms with van der Waals surface area (Å²) in [6, 6.07) is 14.6. The first kappa shape index (κ1) is 25.5. The molecule has 38 heavy (non-hydrogen) atoms. The number of hydrogen-bond acceptors (Lipinski definition) is 3. The summed E-state index contributed by atoms with van der Waals surface area (Å²) in [6.45, 7) is 2.56. The largest absolute Gasteiger partial charge is 0.351 e. The van der Waals surface area contributed by atoms with Crippen molar-refractivity contribution in [2.45, 2.75) is 51.9 Å². The van der Waals surface area contributed by atoms with Crippen molar-refractivity contribution in [2.75, 3.05) is 6.54 Å². The van der Waals surface area contributed by atoms with Crippen LogP contribution in [-0.4, -0.2) is 22.2 Å². The van der Waals surface area contributed by atoms with Gasteiger partial charge in [0, 0.05) is 22.7 Å². The molecule has 1 amide bonds. The second kappa shape index (κ2) is 10.4. The normalized spacial score (nSPS) is 25.4. The molecule has 0 saturated heterocycles. The number of amides is 1. The highest BCUT2D eigenvalue weighted by atomic mass is 35.5. The highest BCUT2D eigenvalue weighted by molar-refractivity contribution is 6.35. The third-order valence-electron chi connectivity index (χ3n) is 9.18. The van der Waals surface area contributed by atoms with Gasteiger partial charge in [-0.25, -0.2) is 4.68 Å². The Kier molecular flexibility index (Phi) is 6.97. The van der Waals surface area contributed by atoms with Crippen molar-refractivity contribution >= 4 is 29.1 Å². The third-order valence-corrected chi connectivity index (χ3v) is 9.72. The number of benzene rings is 2. The number of carbonyl (C=O) groups excluding carboxylic acids is 1. The minimum absolute atomic E-state index is 0.175. The minimum Gasteiger partial charge on any atom is -0.351 e. The Morgan fingerprint density at radius 2 is 1.74 bits per heavy atom. The third kappa shape index (κ3) is 4.74. The Bertz CT molecular complexity index is 1380. The zero-order chi connectivity index (χ0) is 26.4. The second-order valence-corrected chi connectivity index (χ2v) is 12.4. The first-order valence-corrected chi connectivity index (χ1v) is 14.5. The number of carbonyl (C=O) groups is 1. The van der Waals surface area contributed by atoms with Crippen LogP contribution in [0.2, 0.25) is 10.0 Å². The maximum Gasteiger partial charge on any atom is 0.272 e. The molecule has 3 aromatic rings. The van der Waals surface area contributed by atoms with Crippen LogP contribution < -0.4 is 5.32 Å². The summed E-state index contributed by atoms with van der Waals surface area (Å²) in [5.74, 6) is 4.48. The maximum atomic E-state index is 13.3. The van der Waals surface area contributed by atoms with Gasteiger partial charge in [0.15, 0.2) is 5.69 Å². The molecule has 0 radical (unpaired) electrons. The summed E-state index contributed by atoms with van der Waals surface area (Å²) in [5, 5.41) is 18.1. The van der Waals surface area contributed by atoms with Crippen LogP contribution in [0.4, 0.5) is 0 Å². The summed E-state index contributed by atoms with van der Waals surface area (Å²) in [4.78, 5) is 13.3. The van der Waals surface area contributed by atoms with Crippen LogP contribution in [-0.2, 0) is 0 Å². The summed E-state index contributed by atoms with van der Waals surface area (Å²) >= 11 is 12.7. The van der Waals surface area contributed by atoms with Crippen LogP contribution in [0, 0.1) is 47.8 Å². The SMILES string of the molecule is Cc1c(C(=O)NCCCC2C3CC4CC(C3)CC2C4)nn(-c2ccc(Cl)cc2Cl)c1-c1ccc(C#N)cc1. The number of nitrogens with one attached hydrogen (secondary N) is 1. The summed E-state index contributed by atoms with van der Waals surface area (Å²) in [7, 11) is 0. The number of halogens is 2. The molecule has 0 spiro atoms. The Labute approximate surface area is 234 Å². The van der Waals surface area contributed by atoms with Crippen LogP contribution in [0.25, 0.3) is 16.9 Å². The molecular formula is C31H32Cl2N4O.